The van der Waals surface area contributed by atoms with Gasteiger partial charge in [-0.3, -0.25) is 4.79 Å². The molecule has 30 heavy (non-hydrogen) atoms. The molecule has 0 saturated heterocycles. The predicted octanol–water partition coefficient (Wildman–Crippen LogP) is 4.94. The van der Waals surface area contributed by atoms with E-state index in [4.69, 9.17) is 0 Å². The number of hydrogen-bond acceptors (Lipinski definition) is 4. The summed E-state index contributed by atoms with van der Waals surface area (Å²) in [6, 6.07) is 10.9. The number of rotatable bonds is 6. The van der Waals surface area contributed by atoms with E-state index in [1.807, 2.05) is 0 Å². The van der Waals surface area contributed by atoms with E-state index in [1.54, 1.807) is 30.3 Å². The number of benzene rings is 1. The smallest absolute Gasteiger partial charge is 0.337 e. The van der Waals surface area contributed by atoms with E-state index in [-0.39, 0.29) is 16.8 Å². The summed E-state index contributed by atoms with van der Waals surface area (Å²) in [6.07, 6.45) is 1.98. The van der Waals surface area contributed by atoms with Crippen LogP contribution in [0.15, 0.2) is 41.7 Å². The normalized spacial score (nSPS) is 16.5. The molecule has 2 aromatic rings. The zero-order valence-electron chi connectivity index (χ0n) is 16.4. The van der Waals surface area contributed by atoms with Crippen molar-refractivity contribution in [2.45, 2.75) is 61.9 Å². The van der Waals surface area contributed by atoms with Gasteiger partial charge in [-0.05, 0) is 18.4 Å². The van der Waals surface area contributed by atoms with E-state index in [9.17, 15) is 23.2 Å². The van der Waals surface area contributed by atoms with Crippen molar-refractivity contribution < 1.29 is 18.0 Å². The second-order valence-electron chi connectivity index (χ2n) is 7.44. The Labute approximate surface area is 177 Å². The van der Waals surface area contributed by atoms with Crippen LogP contribution in [0.5, 0.6) is 0 Å². The minimum Gasteiger partial charge on any atom is -0.337 e. The molecule has 1 N–H and O–H groups in total. The van der Waals surface area contributed by atoms with Gasteiger partial charge in [-0.1, -0.05) is 67.8 Å². The Morgan fingerprint density at radius 2 is 1.87 bits per heavy atom. The molecule has 3 rings (SSSR count). The second-order valence-corrected chi connectivity index (χ2v) is 8.38. The van der Waals surface area contributed by atoms with Crippen molar-refractivity contribution in [3.8, 4) is 17.3 Å². The number of carbonyl (C=O) groups is 1. The number of amides is 1. The number of nitriles is 1. The van der Waals surface area contributed by atoms with Gasteiger partial charge in [-0.25, -0.2) is 4.98 Å². The highest BCUT2D eigenvalue weighted by Gasteiger charge is 2.33. The van der Waals surface area contributed by atoms with Gasteiger partial charge in [-0.2, -0.15) is 18.4 Å². The Morgan fingerprint density at radius 3 is 2.47 bits per heavy atom. The highest BCUT2D eigenvalue weighted by atomic mass is 32.2. The van der Waals surface area contributed by atoms with Crippen molar-refractivity contribution in [2.75, 3.05) is 5.75 Å². The van der Waals surface area contributed by atoms with E-state index < -0.39 is 18.3 Å². The SMILES string of the molecule is N#CC1(NC(=O)CSc2ncc(-c3ccccc3)n2CC(F)(F)F)CCCCCC1. The van der Waals surface area contributed by atoms with Gasteiger partial charge in [0.25, 0.3) is 0 Å². The number of imidazole rings is 1. The zero-order valence-corrected chi connectivity index (χ0v) is 17.2. The minimum absolute atomic E-state index is 0.105. The number of halogens is 3. The number of aromatic nitrogens is 2. The van der Waals surface area contributed by atoms with Crippen LogP contribution in [0, 0.1) is 11.3 Å². The Kier molecular flexibility index (Phi) is 7.08. The molecule has 1 aromatic heterocycles. The Morgan fingerprint density at radius 1 is 1.20 bits per heavy atom. The Balaban J connectivity index is 1.74. The summed E-state index contributed by atoms with van der Waals surface area (Å²) >= 11 is 0.945. The molecule has 1 heterocycles. The highest BCUT2D eigenvalue weighted by molar-refractivity contribution is 7.99. The third-order valence-electron chi connectivity index (χ3n) is 5.11. The van der Waals surface area contributed by atoms with Crippen LogP contribution in [-0.2, 0) is 11.3 Å². The van der Waals surface area contributed by atoms with Gasteiger partial charge in [0.15, 0.2) is 5.16 Å². The van der Waals surface area contributed by atoms with Gasteiger partial charge in [0, 0.05) is 0 Å². The lowest BCUT2D eigenvalue weighted by Gasteiger charge is -2.26. The summed E-state index contributed by atoms with van der Waals surface area (Å²) in [6.45, 7) is -1.19. The molecule has 1 aromatic carbocycles. The molecule has 0 radical (unpaired) electrons. The maximum atomic E-state index is 13.2. The molecule has 1 fully saturated rings. The van der Waals surface area contributed by atoms with Gasteiger partial charge in [0.1, 0.15) is 12.1 Å². The molecule has 0 bridgehead atoms. The molecule has 1 aliphatic rings. The standard InChI is InChI=1S/C21H23F3N4OS/c22-21(23,24)15-28-17(16-8-4-3-5-9-16)12-26-19(28)30-13-18(29)27-20(14-25)10-6-1-2-7-11-20/h3-5,8-9,12H,1-2,6-7,10-11,13,15H2,(H,27,29). The first-order valence-corrected chi connectivity index (χ1v) is 10.8. The first-order valence-electron chi connectivity index (χ1n) is 9.85. The van der Waals surface area contributed by atoms with E-state index in [2.05, 4.69) is 16.4 Å². The molecule has 0 spiro atoms. The lowest BCUT2D eigenvalue weighted by atomic mass is 9.92. The lowest BCUT2D eigenvalue weighted by molar-refractivity contribution is -0.141. The van der Waals surface area contributed by atoms with Gasteiger partial charge in [-0.15, -0.1) is 0 Å². The minimum atomic E-state index is -4.42. The van der Waals surface area contributed by atoms with Crippen molar-refractivity contribution in [1.29, 1.82) is 5.26 Å². The van der Waals surface area contributed by atoms with E-state index in [0.717, 1.165) is 42.0 Å². The van der Waals surface area contributed by atoms with Crippen LogP contribution >= 0.6 is 11.8 Å². The average molecular weight is 437 g/mol. The van der Waals surface area contributed by atoms with Crippen molar-refractivity contribution in [2.24, 2.45) is 0 Å². The molecule has 1 aliphatic carbocycles. The fraction of sp³-hybridized carbons (Fsp3) is 0.476. The van der Waals surface area contributed by atoms with Crippen LogP contribution in [0.1, 0.15) is 38.5 Å². The van der Waals surface area contributed by atoms with E-state index in [1.165, 1.54) is 6.20 Å². The lowest BCUT2D eigenvalue weighted by Crippen LogP contribution is -2.47. The molecule has 0 atom stereocenters. The van der Waals surface area contributed by atoms with Crippen molar-refractivity contribution >= 4 is 17.7 Å². The van der Waals surface area contributed by atoms with E-state index >= 15 is 0 Å². The van der Waals surface area contributed by atoms with Crippen LogP contribution in [0.2, 0.25) is 0 Å². The summed E-state index contributed by atoms with van der Waals surface area (Å²) in [5.74, 6) is -0.474. The molecule has 160 valence electrons. The number of carbonyl (C=O) groups excluding carboxylic acids is 1. The molecule has 0 unspecified atom stereocenters. The van der Waals surface area contributed by atoms with Gasteiger partial charge in [0.05, 0.1) is 23.7 Å². The quantitative estimate of drug-likeness (QED) is 0.515. The van der Waals surface area contributed by atoms with Gasteiger partial charge in [0.2, 0.25) is 5.91 Å². The zero-order chi connectivity index (χ0) is 21.6. The predicted molar refractivity (Wildman–Crippen MR) is 109 cm³/mol. The number of alkyl halides is 3. The fourth-order valence-corrected chi connectivity index (χ4v) is 4.45. The second kappa shape index (κ2) is 9.56. The van der Waals surface area contributed by atoms with Crippen LogP contribution in [0.25, 0.3) is 11.3 Å². The van der Waals surface area contributed by atoms with Crippen molar-refractivity contribution in [3.05, 3.63) is 36.5 Å². The monoisotopic (exact) mass is 436 g/mol. The van der Waals surface area contributed by atoms with E-state index in [0.29, 0.717) is 24.1 Å². The number of thioether (sulfide) groups is 1. The third-order valence-corrected chi connectivity index (χ3v) is 6.10. The summed E-state index contributed by atoms with van der Waals surface area (Å²) < 4.78 is 40.6. The topological polar surface area (TPSA) is 70.7 Å². The summed E-state index contributed by atoms with van der Waals surface area (Å²) in [4.78, 5) is 16.6. The Hall–Kier alpha value is -2.47. The Bertz CT molecular complexity index is 897. The summed E-state index contributed by atoms with van der Waals surface area (Å²) in [5.41, 5.74) is 0.0746. The molecular formula is C21H23F3N4OS. The number of nitrogens with one attached hydrogen (secondary N) is 1. The van der Waals surface area contributed by atoms with Crippen LogP contribution < -0.4 is 5.32 Å². The van der Waals surface area contributed by atoms with Crippen molar-refractivity contribution in [3.63, 3.8) is 0 Å². The first kappa shape index (κ1) is 22.2. The molecule has 9 heteroatoms. The summed E-state index contributed by atoms with van der Waals surface area (Å²) in [5, 5.41) is 12.5. The molecular weight excluding hydrogens is 413 g/mol. The highest BCUT2D eigenvalue weighted by Crippen LogP contribution is 2.31. The number of hydrogen-bond donors (Lipinski definition) is 1. The molecule has 1 amide bonds. The maximum absolute atomic E-state index is 13.2. The molecule has 0 aliphatic heterocycles. The summed E-state index contributed by atoms with van der Waals surface area (Å²) in [7, 11) is 0. The van der Waals surface area contributed by atoms with Crippen molar-refractivity contribution in [1.82, 2.24) is 14.9 Å². The fourth-order valence-electron chi connectivity index (χ4n) is 3.68. The largest absolute Gasteiger partial charge is 0.406 e. The maximum Gasteiger partial charge on any atom is 0.406 e. The van der Waals surface area contributed by atoms with Gasteiger partial charge < -0.3 is 9.88 Å². The first-order chi connectivity index (χ1) is 14.3. The molecule has 5 nitrogen and oxygen atoms in total. The number of nitrogens with zero attached hydrogens (tertiary/aromatic N) is 3. The molecule has 1 saturated carbocycles. The average Bonchev–Trinajstić information content (AvgIpc) is 2.94. The van der Waals surface area contributed by atoms with Crippen LogP contribution in [0.3, 0.4) is 0 Å². The van der Waals surface area contributed by atoms with Gasteiger partial charge >= 0.3 is 6.18 Å². The van der Waals surface area contributed by atoms with Crippen LogP contribution in [-0.4, -0.2) is 32.9 Å². The van der Waals surface area contributed by atoms with Crippen LogP contribution in [0.4, 0.5) is 13.2 Å². The third kappa shape index (κ3) is 5.79.